The molecule has 1 fully saturated rings. The fraction of sp³-hybridized carbons (Fsp3) is 0.529. The molecule has 2 atom stereocenters. The molecule has 126 valence electrons. The van der Waals surface area contributed by atoms with Gasteiger partial charge in [-0.3, -0.25) is 9.59 Å². The van der Waals surface area contributed by atoms with E-state index >= 15 is 0 Å². The number of likely N-dealkylation sites (tertiary alicyclic amines) is 1. The zero-order valence-electron chi connectivity index (χ0n) is 13.7. The molecule has 2 rings (SSSR count). The number of hydrogen-bond donors (Lipinski definition) is 2. The van der Waals surface area contributed by atoms with Gasteiger partial charge in [0.05, 0.1) is 19.7 Å². The van der Waals surface area contributed by atoms with E-state index in [0.717, 1.165) is 35.5 Å². The SMILES string of the molecule is CCOC(=O)[C@H]1CCC[NH+](CC(=O)Nc2ccc(Cl)cc2C)C1. The van der Waals surface area contributed by atoms with Crippen molar-refractivity contribution >= 4 is 29.2 Å². The molecule has 6 heteroatoms. The molecule has 0 aromatic heterocycles. The Morgan fingerprint density at radius 2 is 2.22 bits per heavy atom. The van der Waals surface area contributed by atoms with E-state index in [2.05, 4.69) is 5.32 Å². The molecule has 0 spiro atoms. The topological polar surface area (TPSA) is 59.8 Å². The number of carbonyl (C=O) groups is 2. The number of anilines is 1. The van der Waals surface area contributed by atoms with Crippen LogP contribution in [0.3, 0.4) is 0 Å². The number of piperidine rings is 1. The van der Waals surface area contributed by atoms with E-state index in [9.17, 15) is 9.59 Å². The Morgan fingerprint density at radius 3 is 2.91 bits per heavy atom. The van der Waals surface area contributed by atoms with Crippen molar-refractivity contribution in [3.8, 4) is 0 Å². The summed E-state index contributed by atoms with van der Waals surface area (Å²) >= 11 is 5.92. The van der Waals surface area contributed by atoms with Crippen LogP contribution in [0.25, 0.3) is 0 Å². The van der Waals surface area contributed by atoms with Crippen molar-refractivity contribution in [2.24, 2.45) is 5.92 Å². The van der Waals surface area contributed by atoms with E-state index in [-0.39, 0.29) is 17.8 Å². The summed E-state index contributed by atoms with van der Waals surface area (Å²) in [6.07, 6.45) is 1.78. The van der Waals surface area contributed by atoms with E-state index in [1.54, 1.807) is 6.07 Å². The predicted molar refractivity (Wildman–Crippen MR) is 89.7 cm³/mol. The highest BCUT2D eigenvalue weighted by Crippen LogP contribution is 2.19. The first-order valence-corrected chi connectivity index (χ1v) is 8.43. The molecular formula is C17H24ClN2O3+. The second-order valence-corrected chi connectivity index (χ2v) is 6.42. The van der Waals surface area contributed by atoms with E-state index in [1.807, 2.05) is 26.0 Å². The van der Waals surface area contributed by atoms with Crippen molar-refractivity contribution in [1.82, 2.24) is 0 Å². The largest absolute Gasteiger partial charge is 0.466 e. The van der Waals surface area contributed by atoms with E-state index in [0.29, 0.717) is 24.7 Å². The van der Waals surface area contributed by atoms with Crippen LogP contribution in [0.15, 0.2) is 18.2 Å². The monoisotopic (exact) mass is 339 g/mol. The molecule has 1 saturated heterocycles. The van der Waals surface area contributed by atoms with Crippen molar-refractivity contribution in [2.75, 3.05) is 31.6 Å². The van der Waals surface area contributed by atoms with Gasteiger partial charge in [0.1, 0.15) is 5.92 Å². The van der Waals surface area contributed by atoms with Crippen molar-refractivity contribution < 1.29 is 19.2 Å². The van der Waals surface area contributed by atoms with Crippen LogP contribution in [-0.4, -0.2) is 38.1 Å². The van der Waals surface area contributed by atoms with Gasteiger partial charge in [-0.1, -0.05) is 11.6 Å². The van der Waals surface area contributed by atoms with Crippen LogP contribution in [0.1, 0.15) is 25.3 Å². The van der Waals surface area contributed by atoms with Crippen LogP contribution in [0.4, 0.5) is 5.69 Å². The molecule has 0 saturated carbocycles. The number of nitrogens with one attached hydrogen (secondary N) is 2. The Bertz CT molecular complexity index is 577. The minimum Gasteiger partial charge on any atom is -0.466 e. The lowest BCUT2D eigenvalue weighted by molar-refractivity contribution is -0.899. The molecule has 1 heterocycles. The minimum atomic E-state index is -0.140. The van der Waals surface area contributed by atoms with E-state index in [4.69, 9.17) is 16.3 Å². The number of ether oxygens (including phenoxy) is 1. The third-order valence-corrected chi connectivity index (χ3v) is 4.35. The third kappa shape index (κ3) is 5.22. The number of benzene rings is 1. The van der Waals surface area contributed by atoms with Crippen LogP contribution in [0, 0.1) is 12.8 Å². The highest BCUT2D eigenvalue weighted by molar-refractivity contribution is 6.30. The maximum Gasteiger partial charge on any atom is 0.314 e. The van der Waals surface area contributed by atoms with Crippen LogP contribution < -0.4 is 10.2 Å². The Balaban J connectivity index is 1.88. The lowest BCUT2D eigenvalue weighted by atomic mass is 9.98. The molecule has 1 unspecified atom stereocenters. The summed E-state index contributed by atoms with van der Waals surface area (Å²) in [7, 11) is 0. The van der Waals surface area contributed by atoms with Crippen LogP contribution in [0.2, 0.25) is 5.02 Å². The molecule has 1 aromatic carbocycles. The number of rotatable bonds is 5. The summed E-state index contributed by atoms with van der Waals surface area (Å²) in [5.41, 5.74) is 1.71. The maximum atomic E-state index is 12.2. The summed E-state index contributed by atoms with van der Waals surface area (Å²) in [6.45, 7) is 6.05. The normalized spacial score (nSPS) is 20.8. The fourth-order valence-corrected chi connectivity index (χ4v) is 3.19. The molecule has 0 aliphatic carbocycles. The third-order valence-electron chi connectivity index (χ3n) is 4.11. The summed E-state index contributed by atoms with van der Waals surface area (Å²) in [5.74, 6) is -0.280. The van der Waals surface area contributed by atoms with Crippen LogP contribution in [-0.2, 0) is 14.3 Å². The maximum absolute atomic E-state index is 12.2. The number of amides is 1. The summed E-state index contributed by atoms with van der Waals surface area (Å²) < 4.78 is 5.09. The molecule has 0 bridgehead atoms. The van der Waals surface area contributed by atoms with Gasteiger partial charge in [0.15, 0.2) is 6.54 Å². The number of quaternary nitrogens is 1. The Morgan fingerprint density at radius 1 is 1.43 bits per heavy atom. The zero-order chi connectivity index (χ0) is 16.8. The standard InChI is InChI=1S/C17H23ClN2O3/c1-3-23-17(22)13-5-4-8-20(10-13)11-16(21)19-15-7-6-14(18)9-12(15)2/h6-7,9,13H,3-5,8,10-11H2,1-2H3,(H,19,21)/p+1/t13-/m0/s1. The fourth-order valence-electron chi connectivity index (χ4n) is 2.96. The lowest BCUT2D eigenvalue weighted by Crippen LogP contribution is -3.14. The number of hydrogen-bond acceptors (Lipinski definition) is 3. The lowest BCUT2D eigenvalue weighted by Gasteiger charge is -2.28. The van der Waals surface area contributed by atoms with Gasteiger partial charge >= 0.3 is 5.97 Å². The first-order chi connectivity index (χ1) is 11.0. The number of halogens is 1. The first-order valence-electron chi connectivity index (χ1n) is 8.05. The second kappa shape index (κ2) is 8.31. The highest BCUT2D eigenvalue weighted by atomic mass is 35.5. The number of esters is 1. The van der Waals surface area contributed by atoms with Crippen LogP contribution >= 0.6 is 11.6 Å². The molecule has 1 amide bonds. The van der Waals surface area contributed by atoms with Crippen molar-refractivity contribution in [3.63, 3.8) is 0 Å². The van der Waals surface area contributed by atoms with Crippen LogP contribution in [0.5, 0.6) is 0 Å². The Kier molecular flexibility index (Phi) is 6.42. The van der Waals surface area contributed by atoms with Crippen molar-refractivity contribution in [2.45, 2.75) is 26.7 Å². The number of carbonyl (C=O) groups excluding carboxylic acids is 2. The minimum absolute atomic E-state index is 0.0464. The first kappa shape index (κ1) is 17.8. The average molecular weight is 340 g/mol. The summed E-state index contributed by atoms with van der Waals surface area (Å²) in [6, 6.07) is 5.39. The van der Waals surface area contributed by atoms with Crippen molar-refractivity contribution in [3.05, 3.63) is 28.8 Å². The summed E-state index contributed by atoms with van der Waals surface area (Å²) in [5, 5.41) is 3.57. The molecule has 0 radical (unpaired) electrons. The molecule has 23 heavy (non-hydrogen) atoms. The van der Waals surface area contributed by atoms with E-state index in [1.165, 1.54) is 0 Å². The van der Waals surface area contributed by atoms with Gasteiger partial charge in [-0.25, -0.2) is 0 Å². The second-order valence-electron chi connectivity index (χ2n) is 5.98. The van der Waals surface area contributed by atoms with Gasteiger partial charge in [-0.05, 0) is 50.5 Å². The number of aryl methyl sites for hydroxylation is 1. The Labute approximate surface area is 141 Å². The van der Waals surface area contributed by atoms with Gasteiger partial charge < -0.3 is 15.0 Å². The van der Waals surface area contributed by atoms with E-state index < -0.39 is 0 Å². The van der Waals surface area contributed by atoms with Gasteiger partial charge in [0.2, 0.25) is 0 Å². The molecule has 1 aromatic rings. The summed E-state index contributed by atoms with van der Waals surface area (Å²) in [4.78, 5) is 25.2. The van der Waals surface area contributed by atoms with Gasteiger partial charge in [-0.2, -0.15) is 0 Å². The van der Waals surface area contributed by atoms with Gasteiger partial charge in [-0.15, -0.1) is 0 Å². The van der Waals surface area contributed by atoms with Crippen molar-refractivity contribution in [1.29, 1.82) is 0 Å². The molecular weight excluding hydrogens is 316 g/mol. The zero-order valence-corrected chi connectivity index (χ0v) is 14.4. The van der Waals surface area contributed by atoms with Gasteiger partial charge in [0, 0.05) is 10.7 Å². The molecule has 5 nitrogen and oxygen atoms in total. The molecule has 1 aliphatic heterocycles. The van der Waals surface area contributed by atoms with Gasteiger partial charge in [0.25, 0.3) is 5.91 Å². The highest BCUT2D eigenvalue weighted by Gasteiger charge is 2.30. The molecule has 1 aliphatic rings. The average Bonchev–Trinajstić information content (AvgIpc) is 2.50. The quantitative estimate of drug-likeness (QED) is 0.798. The smallest absolute Gasteiger partial charge is 0.314 e. The Hall–Kier alpha value is -1.59. The molecule has 2 N–H and O–H groups in total. The predicted octanol–water partition coefficient (Wildman–Crippen LogP) is 1.44.